The maximum absolute atomic E-state index is 10.9. The SMILES string of the molecule is O=c1[nH]c2ccc(Br)nc2[nH]c1=O. The fourth-order valence-corrected chi connectivity index (χ4v) is 1.28. The Hall–Kier alpha value is -1.43. The summed E-state index contributed by atoms with van der Waals surface area (Å²) in [6.07, 6.45) is 0. The first kappa shape index (κ1) is 8.18. The maximum atomic E-state index is 10.9. The molecule has 0 aliphatic heterocycles. The zero-order valence-corrected chi connectivity index (χ0v) is 7.88. The lowest BCUT2D eigenvalue weighted by molar-refractivity contribution is 1.11. The van der Waals surface area contributed by atoms with E-state index in [9.17, 15) is 9.59 Å². The third-order valence-corrected chi connectivity index (χ3v) is 1.99. The summed E-state index contributed by atoms with van der Waals surface area (Å²) >= 11 is 3.15. The zero-order chi connectivity index (χ0) is 9.42. The van der Waals surface area contributed by atoms with E-state index >= 15 is 0 Å². The van der Waals surface area contributed by atoms with Crippen molar-refractivity contribution in [3.63, 3.8) is 0 Å². The standard InChI is InChI=1S/C7H4BrN3O2/c8-4-2-1-3-5(10-4)11-7(13)6(12)9-3/h1-2H,(H,9,12)(H,10,11,13). The third-order valence-electron chi connectivity index (χ3n) is 1.55. The Balaban J connectivity index is 2.97. The molecule has 0 radical (unpaired) electrons. The molecule has 2 rings (SSSR count). The van der Waals surface area contributed by atoms with Gasteiger partial charge in [-0.25, -0.2) is 4.98 Å². The van der Waals surface area contributed by atoms with Crippen molar-refractivity contribution in [2.24, 2.45) is 0 Å². The van der Waals surface area contributed by atoms with Gasteiger partial charge in [-0.15, -0.1) is 0 Å². The maximum Gasteiger partial charge on any atom is 0.315 e. The Morgan fingerprint density at radius 3 is 2.62 bits per heavy atom. The van der Waals surface area contributed by atoms with E-state index in [0.29, 0.717) is 15.8 Å². The van der Waals surface area contributed by atoms with Gasteiger partial charge in [-0.3, -0.25) is 9.59 Å². The second-order valence-corrected chi connectivity index (χ2v) is 3.25. The quantitative estimate of drug-likeness (QED) is 0.517. The highest BCUT2D eigenvalue weighted by atomic mass is 79.9. The molecule has 5 nitrogen and oxygen atoms in total. The Labute approximate surface area is 80.0 Å². The van der Waals surface area contributed by atoms with Crippen LogP contribution in [0.4, 0.5) is 0 Å². The van der Waals surface area contributed by atoms with Crippen molar-refractivity contribution in [2.75, 3.05) is 0 Å². The average molecular weight is 242 g/mol. The summed E-state index contributed by atoms with van der Waals surface area (Å²) in [6.45, 7) is 0. The number of H-pyrrole nitrogens is 2. The highest BCUT2D eigenvalue weighted by Crippen LogP contribution is 2.08. The van der Waals surface area contributed by atoms with E-state index in [1.807, 2.05) is 0 Å². The van der Waals surface area contributed by atoms with Crippen LogP contribution < -0.4 is 11.1 Å². The zero-order valence-electron chi connectivity index (χ0n) is 6.30. The lowest BCUT2D eigenvalue weighted by Crippen LogP contribution is -2.29. The van der Waals surface area contributed by atoms with Crippen LogP contribution in [-0.4, -0.2) is 15.0 Å². The van der Waals surface area contributed by atoms with Gasteiger partial charge in [0.1, 0.15) is 4.60 Å². The molecule has 0 unspecified atom stereocenters. The molecule has 0 spiro atoms. The molecule has 0 atom stereocenters. The molecule has 2 aromatic rings. The number of rotatable bonds is 0. The second kappa shape index (κ2) is 2.81. The Morgan fingerprint density at radius 1 is 1.15 bits per heavy atom. The molecule has 13 heavy (non-hydrogen) atoms. The molecule has 0 amide bonds. The first-order valence-corrected chi connectivity index (χ1v) is 4.25. The van der Waals surface area contributed by atoms with Crippen molar-refractivity contribution < 1.29 is 0 Å². The molecular formula is C7H4BrN3O2. The summed E-state index contributed by atoms with van der Waals surface area (Å²) < 4.78 is 0.600. The Bertz CT molecular complexity index is 572. The van der Waals surface area contributed by atoms with E-state index in [-0.39, 0.29) is 0 Å². The second-order valence-electron chi connectivity index (χ2n) is 2.44. The van der Waals surface area contributed by atoms with Gasteiger partial charge in [0.05, 0.1) is 5.52 Å². The van der Waals surface area contributed by atoms with Gasteiger partial charge in [0.25, 0.3) is 0 Å². The summed E-state index contributed by atoms with van der Waals surface area (Å²) in [5.41, 5.74) is -0.499. The molecule has 0 bridgehead atoms. The molecule has 0 aromatic carbocycles. The van der Waals surface area contributed by atoms with E-state index in [1.165, 1.54) is 0 Å². The van der Waals surface area contributed by atoms with Gasteiger partial charge >= 0.3 is 11.1 Å². The van der Waals surface area contributed by atoms with Crippen LogP contribution >= 0.6 is 15.9 Å². The number of aromatic nitrogens is 3. The summed E-state index contributed by atoms with van der Waals surface area (Å²) in [5.74, 6) is 0. The number of aromatic amines is 2. The van der Waals surface area contributed by atoms with Crippen LogP contribution in [0, 0.1) is 0 Å². The van der Waals surface area contributed by atoms with Crippen molar-refractivity contribution in [1.29, 1.82) is 0 Å². The number of hydrogen-bond donors (Lipinski definition) is 2. The molecule has 6 heteroatoms. The number of pyridine rings is 1. The van der Waals surface area contributed by atoms with Gasteiger partial charge in [0.15, 0.2) is 5.65 Å². The molecule has 0 aliphatic rings. The minimum absolute atomic E-state index is 0.360. The van der Waals surface area contributed by atoms with Crippen LogP contribution in [0.3, 0.4) is 0 Å². The molecule has 2 N–H and O–H groups in total. The summed E-state index contributed by atoms with van der Waals surface area (Å²) in [7, 11) is 0. The van der Waals surface area contributed by atoms with Crippen molar-refractivity contribution in [3.05, 3.63) is 37.4 Å². The van der Waals surface area contributed by atoms with Gasteiger partial charge < -0.3 is 9.97 Å². The normalized spacial score (nSPS) is 10.5. The largest absolute Gasteiger partial charge is 0.315 e. The topological polar surface area (TPSA) is 78.6 Å². The van der Waals surface area contributed by atoms with Gasteiger partial charge in [0, 0.05) is 0 Å². The van der Waals surface area contributed by atoms with Crippen LogP contribution in [0.1, 0.15) is 0 Å². The van der Waals surface area contributed by atoms with E-state index in [1.54, 1.807) is 12.1 Å². The highest BCUT2D eigenvalue weighted by molar-refractivity contribution is 9.10. The Kier molecular flexibility index (Phi) is 1.77. The molecule has 2 heterocycles. The van der Waals surface area contributed by atoms with Gasteiger partial charge in [-0.1, -0.05) is 0 Å². The molecule has 0 aliphatic carbocycles. The highest BCUT2D eigenvalue weighted by Gasteiger charge is 1.99. The smallest absolute Gasteiger partial charge is 0.315 e. The van der Waals surface area contributed by atoms with Crippen LogP contribution in [-0.2, 0) is 0 Å². The van der Waals surface area contributed by atoms with Crippen molar-refractivity contribution >= 4 is 27.1 Å². The lowest BCUT2D eigenvalue weighted by atomic mass is 10.4. The summed E-state index contributed by atoms with van der Waals surface area (Å²) in [4.78, 5) is 30.5. The van der Waals surface area contributed by atoms with Crippen LogP contribution in [0.5, 0.6) is 0 Å². The first-order chi connectivity index (χ1) is 6.16. The predicted molar refractivity (Wildman–Crippen MR) is 50.7 cm³/mol. The molecule has 66 valence electrons. The van der Waals surface area contributed by atoms with Crippen molar-refractivity contribution in [3.8, 4) is 0 Å². The molecule has 0 fully saturated rings. The van der Waals surface area contributed by atoms with E-state index < -0.39 is 11.1 Å². The van der Waals surface area contributed by atoms with Crippen molar-refractivity contribution in [2.45, 2.75) is 0 Å². The van der Waals surface area contributed by atoms with E-state index in [4.69, 9.17) is 0 Å². The number of fused-ring (bicyclic) bond motifs is 1. The lowest BCUT2D eigenvalue weighted by Gasteiger charge is -1.95. The number of nitrogens with zero attached hydrogens (tertiary/aromatic N) is 1. The van der Waals surface area contributed by atoms with Crippen molar-refractivity contribution in [1.82, 2.24) is 15.0 Å². The molecular weight excluding hydrogens is 238 g/mol. The number of nitrogens with one attached hydrogen (secondary N) is 2. The summed E-state index contributed by atoms with van der Waals surface area (Å²) in [5, 5.41) is 0. The minimum atomic E-state index is -0.696. The monoisotopic (exact) mass is 241 g/mol. The molecule has 2 aromatic heterocycles. The fourth-order valence-electron chi connectivity index (χ4n) is 0.975. The minimum Gasteiger partial charge on any atom is -0.315 e. The van der Waals surface area contributed by atoms with Gasteiger partial charge in [-0.2, -0.15) is 0 Å². The average Bonchev–Trinajstić information content (AvgIpc) is 2.08. The molecule has 0 saturated heterocycles. The van der Waals surface area contributed by atoms with Crippen LogP contribution in [0.25, 0.3) is 11.2 Å². The first-order valence-electron chi connectivity index (χ1n) is 3.46. The van der Waals surface area contributed by atoms with Gasteiger partial charge in [-0.05, 0) is 28.1 Å². The predicted octanol–water partition coefficient (Wildman–Crippen LogP) is 0.374. The Morgan fingerprint density at radius 2 is 1.85 bits per heavy atom. The number of hydrogen-bond acceptors (Lipinski definition) is 3. The fraction of sp³-hybridized carbons (Fsp3) is 0. The van der Waals surface area contributed by atoms with Crippen LogP contribution in [0.2, 0.25) is 0 Å². The van der Waals surface area contributed by atoms with E-state index in [2.05, 4.69) is 30.9 Å². The summed E-state index contributed by atoms with van der Waals surface area (Å²) in [6, 6.07) is 3.33. The van der Waals surface area contributed by atoms with Gasteiger partial charge in [0.2, 0.25) is 0 Å². The number of halogens is 1. The third kappa shape index (κ3) is 1.40. The van der Waals surface area contributed by atoms with E-state index in [0.717, 1.165) is 0 Å². The molecule has 0 saturated carbocycles. The van der Waals surface area contributed by atoms with Crippen LogP contribution in [0.15, 0.2) is 26.3 Å².